The maximum Gasteiger partial charge on any atom is 0.0957 e. The zero-order valence-electron chi connectivity index (χ0n) is 7.87. The van der Waals surface area contributed by atoms with Gasteiger partial charge in [-0.3, -0.25) is 4.68 Å². The number of aryl methyl sites for hydroxylation is 1. The molecule has 1 N–H and O–H groups in total. The summed E-state index contributed by atoms with van der Waals surface area (Å²) in [5, 5.41) is 14.5. The van der Waals surface area contributed by atoms with Crippen molar-refractivity contribution < 1.29 is 5.11 Å². The van der Waals surface area contributed by atoms with E-state index in [9.17, 15) is 0 Å². The van der Waals surface area contributed by atoms with Crippen molar-refractivity contribution in [2.75, 3.05) is 0 Å². The molecule has 0 bridgehead atoms. The Balaban J connectivity index is 2.75. The molecule has 0 spiro atoms. The minimum atomic E-state index is -0.0139. The topological polar surface area (TPSA) is 38.0 Å². The van der Waals surface area contributed by atoms with Gasteiger partial charge in [-0.15, -0.1) is 0 Å². The molecule has 1 heterocycles. The Morgan fingerprint density at radius 2 is 2.29 bits per heavy atom. The van der Waals surface area contributed by atoms with Crippen LogP contribution >= 0.6 is 15.9 Å². The van der Waals surface area contributed by atoms with Gasteiger partial charge in [0.2, 0.25) is 0 Å². The summed E-state index contributed by atoms with van der Waals surface area (Å²) in [5.41, 5.74) is 1.81. The first-order chi connectivity index (χ1) is 6.76. The smallest absolute Gasteiger partial charge is 0.0957 e. The van der Waals surface area contributed by atoms with Crippen LogP contribution in [0.1, 0.15) is 12.6 Å². The van der Waals surface area contributed by atoms with E-state index >= 15 is 0 Å². The first-order valence-electron chi connectivity index (χ1n) is 4.52. The van der Waals surface area contributed by atoms with Crippen molar-refractivity contribution in [2.45, 2.75) is 20.1 Å². The predicted molar refractivity (Wildman–Crippen MR) is 59.0 cm³/mol. The molecule has 0 aliphatic rings. The molecule has 0 saturated carbocycles. The fraction of sp³-hybridized carbons (Fsp3) is 0.300. The molecule has 14 heavy (non-hydrogen) atoms. The molecule has 0 amide bonds. The molecule has 0 atom stereocenters. The van der Waals surface area contributed by atoms with Crippen LogP contribution in [0.4, 0.5) is 0 Å². The second-order valence-electron chi connectivity index (χ2n) is 3.08. The highest BCUT2D eigenvalue weighted by Crippen LogP contribution is 2.23. The third-order valence-corrected chi connectivity index (χ3v) is 2.73. The Labute approximate surface area is 90.5 Å². The molecule has 1 aromatic heterocycles. The lowest BCUT2D eigenvalue weighted by molar-refractivity contribution is 0.276. The molecule has 0 radical (unpaired) electrons. The highest BCUT2D eigenvalue weighted by Gasteiger charge is 2.08. The van der Waals surface area contributed by atoms with Crippen LogP contribution < -0.4 is 0 Å². The molecule has 2 aromatic rings. The molecule has 74 valence electrons. The fourth-order valence-electron chi connectivity index (χ4n) is 1.58. The standard InChI is InChI=1S/C10H11BrN2O/c1-2-13-10-4-3-7(11)5-8(10)9(6-14)12-13/h3-5,14H,2,6H2,1H3. The van der Waals surface area contributed by atoms with E-state index in [1.807, 2.05) is 29.8 Å². The van der Waals surface area contributed by atoms with Crippen LogP contribution in [0.15, 0.2) is 22.7 Å². The number of aliphatic hydroxyl groups is 1. The molecule has 3 nitrogen and oxygen atoms in total. The van der Waals surface area contributed by atoms with E-state index < -0.39 is 0 Å². The van der Waals surface area contributed by atoms with Gasteiger partial charge in [-0.1, -0.05) is 15.9 Å². The zero-order chi connectivity index (χ0) is 10.1. The van der Waals surface area contributed by atoms with Crippen LogP contribution in [0.25, 0.3) is 10.9 Å². The van der Waals surface area contributed by atoms with Gasteiger partial charge in [0.15, 0.2) is 0 Å². The fourth-order valence-corrected chi connectivity index (χ4v) is 1.94. The average molecular weight is 255 g/mol. The summed E-state index contributed by atoms with van der Waals surface area (Å²) in [6.07, 6.45) is 0. The minimum Gasteiger partial charge on any atom is -0.390 e. The number of rotatable bonds is 2. The number of aromatic nitrogens is 2. The van der Waals surface area contributed by atoms with Gasteiger partial charge in [0, 0.05) is 16.4 Å². The van der Waals surface area contributed by atoms with Crippen LogP contribution in [0.3, 0.4) is 0 Å². The third kappa shape index (κ3) is 1.44. The average Bonchev–Trinajstić information content (AvgIpc) is 2.55. The predicted octanol–water partition coefficient (Wildman–Crippen LogP) is 2.31. The third-order valence-electron chi connectivity index (χ3n) is 2.24. The second-order valence-corrected chi connectivity index (χ2v) is 4.00. The molecule has 2 rings (SSSR count). The van der Waals surface area contributed by atoms with Gasteiger partial charge in [-0.2, -0.15) is 5.10 Å². The van der Waals surface area contributed by atoms with Gasteiger partial charge < -0.3 is 5.11 Å². The maximum atomic E-state index is 9.14. The Hall–Kier alpha value is -0.870. The largest absolute Gasteiger partial charge is 0.390 e. The summed E-state index contributed by atoms with van der Waals surface area (Å²) in [4.78, 5) is 0. The van der Waals surface area contributed by atoms with Gasteiger partial charge in [-0.05, 0) is 25.1 Å². The first kappa shape index (κ1) is 9.68. The molecule has 0 unspecified atom stereocenters. The number of hydrogen-bond donors (Lipinski definition) is 1. The van der Waals surface area contributed by atoms with Crippen molar-refractivity contribution in [3.63, 3.8) is 0 Å². The van der Waals surface area contributed by atoms with Gasteiger partial charge >= 0.3 is 0 Å². The summed E-state index contributed by atoms with van der Waals surface area (Å²) in [5.74, 6) is 0. The van der Waals surface area contributed by atoms with Crippen LogP contribution in [0.5, 0.6) is 0 Å². The van der Waals surface area contributed by atoms with Gasteiger partial charge in [0.25, 0.3) is 0 Å². The molecular formula is C10H11BrN2O. The van der Waals surface area contributed by atoms with Crippen LogP contribution in [0, 0.1) is 0 Å². The Morgan fingerprint density at radius 1 is 1.50 bits per heavy atom. The highest BCUT2D eigenvalue weighted by molar-refractivity contribution is 9.10. The lowest BCUT2D eigenvalue weighted by Gasteiger charge is -1.97. The summed E-state index contributed by atoms with van der Waals surface area (Å²) >= 11 is 3.41. The van der Waals surface area contributed by atoms with Crippen molar-refractivity contribution in [1.82, 2.24) is 9.78 Å². The number of halogens is 1. The van der Waals surface area contributed by atoms with Crippen molar-refractivity contribution in [2.24, 2.45) is 0 Å². The van der Waals surface area contributed by atoms with E-state index in [0.717, 1.165) is 27.6 Å². The quantitative estimate of drug-likeness (QED) is 0.894. The van der Waals surface area contributed by atoms with E-state index in [4.69, 9.17) is 5.11 Å². The minimum absolute atomic E-state index is 0.0139. The molecule has 1 aromatic carbocycles. The Kier molecular flexibility index (Phi) is 2.56. The number of fused-ring (bicyclic) bond motifs is 1. The van der Waals surface area contributed by atoms with E-state index in [1.54, 1.807) is 0 Å². The highest BCUT2D eigenvalue weighted by atomic mass is 79.9. The molecule has 0 aliphatic carbocycles. The molecule has 0 saturated heterocycles. The van der Waals surface area contributed by atoms with E-state index in [1.165, 1.54) is 0 Å². The van der Waals surface area contributed by atoms with E-state index in [-0.39, 0.29) is 6.61 Å². The summed E-state index contributed by atoms with van der Waals surface area (Å²) in [7, 11) is 0. The van der Waals surface area contributed by atoms with E-state index in [0.29, 0.717) is 0 Å². The van der Waals surface area contributed by atoms with Crippen LogP contribution in [-0.2, 0) is 13.2 Å². The summed E-state index contributed by atoms with van der Waals surface area (Å²) < 4.78 is 2.91. The first-order valence-corrected chi connectivity index (χ1v) is 5.31. The van der Waals surface area contributed by atoms with Crippen molar-refractivity contribution in [3.8, 4) is 0 Å². The molecule has 0 aliphatic heterocycles. The second kappa shape index (κ2) is 3.71. The lowest BCUT2D eigenvalue weighted by atomic mass is 10.2. The summed E-state index contributed by atoms with van der Waals surface area (Å²) in [6.45, 7) is 2.84. The Bertz CT molecular complexity index is 464. The monoisotopic (exact) mass is 254 g/mol. The van der Waals surface area contributed by atoms with Gasteiger partial charge in [0.1, 0.15) is 0 Å². The van der Waals surface area contributed by atoms with Crippen LogP contribution in [0.2, 0.25) is 0 Å². The number of benzene rings is 1. The molecule has 0 fully saturated rings. The SMILES string of the molecule is CCn1nc(CO)c2cc(Br)ccc21. The molecular weight excluding hydrogens is 244 g/mol. The number of nitrogens with zero attached hydrogens (tertiary/aromatic N) is 2. The van der Waals surface area contributed by atoms with Crippen LogP contribution in [-0.4, -0.2) is 14.9 Å². The van der Waals surface area contributed by atoms with Gasteiger partial charge in [-0.25, -0.2) is 0 Å². The van der Waals surface area contributed by atoms with E-state index in [2.05, 4.69) is 21.0 Å². The number of hydrogen-bond acceptors (Lipinski definition) is 2. The zero-order valence-corrected chi connectivity index (χ0v) is 9.45. The maximum absolute atomic E-state index is 9.14. The van der Waals surface area contributed by atoms with Crippen molar-refractivity contribution in [3.05, 3.63) is 28.4 Å². The lowest BCUT2D eigenvalue weighted by Crippen LogP contribution is -1.96. The summed E-state index contributed by atoms with van der Waals surface area (Å²) in [6, 6.07) is 5.98. The molecule has 4 heteroatoms. The van der Waals surface area contributed by atoms with Crippen molar-refractivity contribution in [1.29, 1.82) is 0 Å². The number of aliphatic hydroxyl groups excluding tert-OH is 1. The Morgan fingerprint density at radius 3 is 2.93 bits per heavy atom. The van der Waals surface area contributed by atoms with Gasteiger partial charge in [0.05, 0.1) is 17.8 Å². The van der Waals surface area contributed by atoms with Crippen molar-refractivity contribution >= 4 is 26.8 Å². The normalized spacial score (nSPS) is 11.1.